The van der Waals surface area contributed by atoms with Crippen LogP contribution in [0.25, 0.3) is 0 Å². The summed E-state index contributed by atoms with van der Waals surface area (Å²) in [5.41, 5.74) is 0.795. The van der Waals surface area contributed by atoms with Crippen molar-refractivity contribution in [3.63, 3.8) is 0 Å². The highest BCUT2D eigenvalue weighted by Crippen LogP contribution is 2.10. The van der Waals surface area contributed by atoms with E-state index in [0.29, 0.717) is 18.3 Å². The maximum Gasteiger partial charge on any atom is 0.240 e. The molecular formula is C15H20FN5O2S. The van der Waals surface area contributed by atoms with Crippen LogP contribution in [0.4, 0.5) is 16.2 Å². The van der Waals surface area contributed by atoms with E-state index in [-0.39, 0.29) is 11.4 Å². The lowest BCUT2D eigenvalue weighted by atomic mass is 10.4. The number of anilines is 2. The minimum Gasteiger partial charge on any atom is -0.370 e. The van der Waals surface area contributed by atoms with Crippen LogP contribution in [0.3, 0.4) is 0 Å². The van der Waals surface area contributed by atoms with Gasteiger partial charge in [0.25, 0.3) is 0 Å². The molecule has 0 bridgehead atoms. The number of aryl methyl sites for hydroxylation is 1. The van der Waals surface area contributed by atoms with Gasteiger partial charge in [-0.25, -0.2) is 22.5 Å². The Morgan fingerprint density at radius 3 is 2.62 bits per heavy atom. The van der Waals surface area contributed by atoms with Crippen molar-refractivity contribution in [2.45, 2.75) is 18.7 Å². The minimum atomic E-state index is -3.75. The maximum atomic E-state index is 13.1. The number of sulfonamides is 1. The standard InChI is InChI=1S/C15H20FN5O2S/c1-3-17-14-9-11(2)20-15(21-14)18-7-8-19-24(22,23)13-6-4-5-12(16)10-13/h4-6,9-10,19H,3,7-8H2,1-2H3,(H2,17,18,20,21). The highest BCUT2D eigenvalue weighted by atomic mass is 32.2. The molecule has 0 aliphatic rings. The molecular weight excluding hydrogens is 333 g/mol. The highest BCUT2D eigenvalue weighted by molar-refractivity contribution is 7.89. The zero-order chi connectivity index (χ0) is 17.6. The number of benzene rings is 1. The summed E-state index contributed by atoms with van der Waals surface area (Å²) in [5.74, 6) is 0.517. The fraction of sp³-hybridized carbons (Fsp3) is 0.333. The zero-order valence-electron chi connectivity index (χ0n) is 13.5. The molecule has 2 aromatic rings. The third kappa shape index (κ3) is 5.14. The Morgan fingerprint density at radius 2 is 1.92 bits per heavy atom. The van der Waals surface area contributed by atoms with Gasteiger partial charge in [0.15, 0.2) is 0 Å². The second-order valence-electron chi connectivity index (χ2n) is 5.03. The van der Waals surface area contributed by atoms with Gasteiger partial charge in [0.05, 0.1) is 4.90 Å². The third-order valence-electron chi connectivity index (χ3n) is 3.02. The third-order valence-corrected chi connectivity index (χ3v) is 4.48. The Bertz CT molecular complexity index is 798. The fourth-order valence-electron chi connectivity index (χ4n) is 2.00. The molecule has 2 rings (SSSR count). The molecule has 0 aliphatic heterocycles. The normalized spacial score (nSPS) is 11.3. The lowest BCUT2D eigenvalue weighted by Crippen LogP contribution is -2.29. The first-order chi connectivity index (χ1) is 11.4. The molecule has 1 aromatic carbocycles. The highest BCUT2D eigenvalue weighted by Gasteiger charge is 2.13. The molecule has 0 saturated heterocycles. The Hall–Kier alpha value is -2.26. The summed E-state index contributed by atoms with van der Waals surface area (Å²) >= 11 is 0. The van der Waals surface area contributed by atoms with Gasteiger partial charge in [-0.3, -0.25) is 0 Å². The van der Waals surface area contributed by atoms with Crippen molar-refractivity contribution >= 4 is 21.8 Å². The van der Waals surface area contributed by atoms with Crippen LogP contribution in [0.5, 0.6) is 0 Å². The number of aromatic nitrogens is 2. The molecule has 0 spiro atoms. The molecule has 0 amide bonds. The summed E-state index contributed by atoms with van der Waals surface area (Å²) in [7, 11) is -3.75. The quantitative estimate of drug-likeness (QED) is 0.626. The smallest absolute Gasteiger partial charge is 0.240 e. The number of halogens is 1. The van der Waals surface area contributed by atoms with E-state index in [1.165, 1.54) is 18.2 Å². The van der Waals surface area contributed by atoms with Crippen LogP contribution >= 0.6 is 0 Å². The Balaban J connectivity index is 1.91. The summed E-state index contributed by atoms with van der Waals surface area (Å²) in [6.45, 7) is 4.96. The van der Waals surface area contributed by atoms with E-state index >= 15 is 0 Å². The van der Waals surface area contributed by atoms with Crippen LogP contribution in [0, 0.1) is 12.7 Å². The van der Waals surface area contributed by atoms with E-state index < -0.39 is 15.8 Å². The molecule has 7 nitrogen and oxygen atoms in total. The van der Waals surface area contributed by atoms with Gasteiger partial charge in [-0.15, -0.1) is 0 Å². The largest absolute Gasteiger partial charge is 0.370 e. The number of nitrogens with one attached hydrogen (secondary N) is 3. The van der Waals surface area contributed by atoms with Crippen LogP contribution in [0.15, 0.2) is 35.2 Å². The Kier molecular flexibility index (Phi) is 6.04. The molecule has 0 atom stereocenters. The van der Waals surface area contributed by atoms with E-state index in [9.17, 15) is 12.8 Å². The van der Waals surface area contributed by atoms with E-state index in [0.717, 1.165) is 18.3 Å². The lowest BCUT2D eigenvalue weighted by molar-refractivity contribution is 0.578. The fourth-order valence-corrected chi connectivity index (χ4v) is 3.06. The van der Waals surface area contributed by atoms with Crippen LogP contribution in [-0.2, 0) is 10.0 Å². The average Bonchev–Trinajstić information content (AvgIpc) is 2.51. The summed E-state index contributed by atoms with van der Waals surface area (Å²) in [4.78, 5) is 8.39. The average molecular weight is 353 g/mol. The van der Waals surface area contributed by atoms with Crippen molar-refractivity contribution in [2.75, 3.05) is 30.3 Å². The zero-order valence-corrected chi connectivity index (χ0v) is 14.3. The number of hydrogen-bond acceptors (Lipinski definition) is 6. The molecule has 9 heteroatoms. The number of nitrogens with zero attached hydrogens (tertiary/aromatic N) is 2. The van der Waals surface area contributed by atoms with Crippen molar-refractivity contribution in [3.8, 4) is 0 Å². The topological polar surface area (TPSA) is 96.0 Å². The number of rotatable bonds is 8. The molecule has 3 N–H and O–H groups in total. The summed E-state index contributed by atoms with van der Waals surface area (Å²) in [5, 5.41) is 6.05. The molecule has 1 aromatic heterocycles. The van der Waals surface area contributed by atoms with Gasteiger partial charge in [-0.2, -0.15) is 4.98 Å². The van der Waals surface area contributed by atoms with Gasteiger partial charge in [-0.1, -0.05) is 6.07 Å². The Labute approximate surface area is 140 Å². The lowest BCUT2D eigenvalue weighted by Gasteiger charge is -2.10. The van der Waals surface area contributed by atoms with Gasteiger partial charge in [0, 0.05) is 31.4 Å². The van der Waals surface area contributed by atoms with Crippen LogP contribution in [0.1, 0.15) is 12.6 Å². The van der Waals surface area contributed by atoms with Crippen molar-refractivity contribution in [2.24, 2.45) is 0 Å². The van der Waals surface area contributed by atoms with Gasteiger partial charge in [0.1, 0.15) is 11.6 Å². The van der Waals surface area contributed by atoms with Gasteiger partial charge < -0.3 is 10.6 Å². The molecule has 0 unspecified atom stereocenters. The van der Waals surface area contributed by atoms with Crippen LogP contribution in [-0.4, -0.2) is 38.0 Å². The van der Waals surface area contributed by atoms with Gasteiger partial charge in [-0.05, 0) is 32.0 Å². The monoisotopic (exact) mass is 353 g/mol. The Morgan fingerprint density at radius 1 is 1.12 bits per heavy atom. The summed E-state index contributed by atoms with van der Waals surface area (Å²) in [6.07, 6.45) is 0. The molecule has 24 heavy (non-hydrogen) atoms. The second-order valence-corrected chi connectivity index (χ2v) is 6.80. The van der Waals surface area contributed by atoms with Crippen LogP contribution in [0.2, 0.25) is 0 Å². The van der Waals surface area contributed by atoms with Gasteiger partial charge in [0.2, 0.25) is 16.0 Å². The first-order valence-electron chi connectivity index (χ1n) is 7.49. The number of hydrogen-bond donors (Lipinski definition) is 3. The van der Waals surface area contributed by atoms with E-state index in [4.69, 9.17) is 0 Å². The minimum absolute atomic E-state index is 0.108. The molecule has 1 heterocycles. The molecule has 0 fully saturated rings. The molecule has 0 radical (unpaired) electrons. The SMILES string of the molecule is CCNc1cc(C)nc(NCCNS(=O)(=O)c2cccc(F)c2)n1. The van der Waals surface area contributed by atoms with Crippen molar-refractivity contribution < 1.29 is 12.8 Å². The van der Waals surface area contributed by atoms with Crippen molar-refractivity contribution in [1.29, 1.82) is 0 Å². The van der Waals surface area contributed by atoms with E-state index in [1.807, 2.05) is 19.9 Å². The summed E-state index contributed by atoms with van der Waals surface area (Å²) in [6, 6.07) is 6.68. The van der Waals surface area contributed by atoms with E-state index in [2.05, 4.69) is 25.3 Å². The summed E-state index contributed by atoms with van der Waals surface area (Å²) < 4.78 is 39.6. The van der Waals surface area contributed by atoms with Gasteiger partial charge >= 0.3 is 0 Å². The van der Waals surface area contributed by atoms with Crippen LogP contribution < -0.4 is 15.4 Å². The van der Waals surface area contributed by atoms with Crippen molar-refractivity contribution in [1.82, 2.24) is 14.7 Å². The van der Waals surface area contributed by atoms with Crippen molar-refractivity contribution in [3.05, 3.63) is 41.8 Å². The second kappa shape index (κ2) is 8.02. The first-order valence-corrected chi connectivity index (χ1v) is 8.97. The predicted molar refractivity (Wildman–Crippen MR) is 91.0 cm³/mol. The molecule has 0 aliphatic carbocycles. The maximum absolute atomic E-state index is 13.1. The predicted octanol–water partition coefficient (Wildman–Crippen LogP) is 1.75. The molecule has 130 valence electrons. The first kappa shape index (κ1) is 18.1. The molecule has 0 saturated carbocycles. The van der Waals surface area contributed by atoms with E-state index in [1.54, 1.807) is 0 Å².